The van der Waals surface area contributed by atoms with Crippen molar-refractivity contribution in [3.8, 4) is 11.5 Å². The molecule has 2 N–H and O–H groups in total. The Balaban J connectivity index is 1.31. The highest BCUT2D eigenvalue weighted by molar-refractivity contribution is 8.00. The first-order valence-corrected chi connectivity index (χ1v) is 15.7. The molecule has 1 aliphatic heterocycles. The van der Waals surface area contributed by atoms with Crippen LogP contribution in [0.1, 0.15) is 33.9 Å². The predicted octanol–water partition coefficient (Wildman–Crippen LogP) is 7.19. The van der Waals surface area contributed by atoms with E-state index >= 15 is 0 Å². The molecule has 0 saturated carbocycles. The number of nitrogens with zero attached hydrogens (tertiary/aromatic N) is 3. The van der Waals surface area contributed by atoms with E-state index in [9.17, 15) is 24.2 Å². The number of phenols is 1. The number of aliphatic hydroxyl groups is 1. The molecule has 1 amide bonds. The van der Waals surface area contributed by atoms with Crippen LogP contribution < -0.4 is 9.64 Å². The number of ketones is 1. The zero-order chi connectivity index (χ0) is 31.5. The maximum Gasteiger partial charge on any atom is 0.301 e. The molecule has 0 spiro atoms. The van der Waals surface area contributed by atoms with Gasteiger partial charge in [0.25, 0.3) is 5.78 Å². The van der Waals surface area contributed by atoms with E-state index in [1.165, 1.54) is 34.9 Å². The molecule has 0 aliphatic carbocycles. The largest absolute Gasteiger partial charge is 0.508 e. The summed E-state index contributed by atoms with van der Waals surface area (Å²) in [5.41, 5.74) is 3.18. The number of rotatable bonds is 9. The zero-order valence-electron chi connectivity index (χ0n) is 23.9. The highest BCUT2D eigenvalue weighted by Crippen LogP contribution is 2.44. The van der Waals surface area contributed by atoms with Gasteiger partial charge in [-0.3, -0.25) is 14.5 Å². The number of hydrogen-bond acceptors (Lipinski definition) is 9. The molecule has 226 valence electrons. The average molecular weight is 640 g/mol. The smallest absolute Gasteiger partial charge is 0.301 e. The fraction of sp³-hybridized carbons (Fsp3) is 0.118. The number of amides is 1. The Morgan fingerprint density at radius 1 is 0.956 bits per heavy atom. The van der Waals surface area contributed by atoms with Gasteiger partial charge in [0.1, 0.15) is 29.7 Å². The standard InChI is InChI=1S/C34H26FN3O5S2/c1-20-7-2-3-8-23(20)18-43-26-15-13-21(14-16-26)30(40)28-29(22-10-6-11-25(39)17-22)38(32(42)31(28)41)33-36-37-34(45-33)44-19-24-9-4-5-12-27(24)35/h2-17,29,39-40H,18-19H2,1H3. The zero-order valence-corrected chi connectivity index (χ0v) is 25.5. The lowest BCUT2D eigenvalue weighted by atomic mass is 9.95. The number of anilines is 1. The SMILES string of the molecule is Cc1ccccc1COc1ccc(C(O)=C2C(=O)C(=O)N(c3nnc(SCc4ccccc4F)s3)C2c2cccc(O)c2)cc1. The number of carbonyl (C=O) groups is 2. The minimum absolute atomic E-state index is 0.0772. The van der Waals surface area contributed by atoms with Gasteiger partial charge in [-0.25, -0.2) is 4.39 Å². The number of carbonyl (C=O) groups excluding carboxylic acids is 2. The van der Waals surface area contributed by atoms with Crippen LogP contribution >= 0.6 is 23.1 Å². The molecule has 45 heavy (non-hydrogen) atoms. The second-order valence-electron chi connectivity index (χ2n) is 10.2. The number of Topliss-reactive ketones (excluding diaryl/α,β-unsaturated/α-hetero) is 1. The van der Waals surface area contributed by atoms with Gasteiger partial charge in [-0.05, 0) is 71.6 Å². The van der Waals surface area contributed by atoms with Crippen LogP contribution in [-0.4, -0.2) is 32.1 Å². The van der Waals surface area contributed by atoms with Crippen LogP contribution in [0.25, 0.3) is 5.76 Å². The molecule has 11 heteroatoms. The van der Waals surface area contributed by atoms with Crippen molar-refractivity contribution >= 4 is 45.7 Å². The molecule has 5 aromatic rings. The molecule has 1 atom stereocenters. The van der Waals surface area contributed by atoms with Crippen LogP contribution in [0.3, 0.4) is 0 Å². The molecule has 8 nitrogen and oxygen atoms in total. The Kier molecular flexibility index (Phi) is 8.63. The van der Waals surface area contributed by atoms with Crippen molar-refractivity contribution in [3.63, 3.8) is 0 Å². The number of aromatic hydroxyl groups is 1. The maximum atomic E-state index is 14.1. The Bertz CT molecular complexity index is 1930. The van der Waals surface area contributed by atoms with Gasteiger partial charge in [0, 0.05) is 11.3 Å². The van der Waals surface area contributed by atoms with Crippen LogP contribution in [0.5, 0.6) is 11.5 Å². The fourth-order valence-electron chi connectivity index (χ4n) is 4.95. The third-order valence-electron chi connectivity index (χ3n) is 7.32. The second kappa shape index (κ2) is 12.9. The van der Waals surface area contributed by atoms with Crippen molar-refractivity contribution in [2.75, 3.05) is 4.90 Å². The lowest BCUT2D eigenvalue weighted by Crippen LogP contribution is -2.29. The van der Waals surface area contributed by atoms with E-state index < -0.39 is 17.7 Å². The van der Waals surface area contributed by atoms with Crippen LogP contribution in [0.4, 0.5) is 9.52 Å². The molecule has 1 unspecified atom stereocenters. The Hall–Kier alpha value is -5.00. The van der Waals surface area contributed by atoms with E-state index in [0.717, 1.165) is 22.5 Å². The topological polar surface area (TPSA) is 113 Å². The van der Waals surface area contributed by atoms with E-state index in [0.29, 0.717) is 39.1 Å². The molecule has 1 aromatic heterocycles. The first-order valence-electron chi connectivity index (χ1n) is 13.9. The third kappa shape index (κ3) is 6.31. The van der Waals surface area contributed by atoms with Gasteiger partial charge in [-0.15, -0.1) is 10.2 Å². The molecule has 1 saturated heterocycles. The van der Waals surface area contributed by atoms with Crippen molar-refractivity contribution in [1.82, 2.24) is 10.2 Å². The number of aliphatic hydroxyl groups excluding tert-OH is 1. The third-order valence-corrected chi connectivity index (χ3v) is 9.43. The molecular formula is C34H26FN3O5S2. The van der Waals surface area contributed by atoms with Gasteiger partial charge in [-0.2, -0.15) is 0 Å². The molecule has 1 aliphatic rings. The van der Waals surface area contributed by atoms with E-state index in [1.807, 2.05) is 31.2 Å². The summed E-state index contributed by atoms with van der Waals surface area (Å²) in [7, 11) is 0. The van der Waals surface area contributed by atoms with E-state index in [1.54, 1.807) is 54.6 Å². The number of halogens is 1. The number of thioether (sulfide) groups is 1. The first kappa shape index (κ1) is 30.0. The van der Waals surface area contributed by atoms with Crippen molar-refractivity contribution in [2.45, 2.75) is 29.7 Å². The summed E-state index contributed by atoms with van der Waals surface area (Å²) in [5.74, 6) is -1.74. The Morgan fingerprint density at radius 2 is 1.69 bits per heavy atom. The summed E-state index contributed by atoms with van der Waals surface area (Å²) < 4.78 is 20.5. The van der Waals surface area contributed by atoms with Gasteiger partial charge in [-0.1, -0.05) is 77.7 Å². The molecule has 4 aromatic carbocycles. The highest BCUT2D eigenvalue weighted by atomic mass is 32.2. The number of aromatic nitrogens is 2. The summed E-state index contributed by atoms with van der Waals surface area (Å²) in [6.45, 7) is 2.37. The number of aryl methyl sites for hydroxylation is 1. The first-order chi connectivity index (χ1) is 21.8. The van der Waals surface area contributed by atoms with Crippen molar-refractivity contribution in [2.24, 2.45) is 0 Å². The van der Waals surface area contributed by atoms with Crippen molar-refractivity contribution in [3.05, 3.63) is 136 Å². The van der Waals surface area contributed by atoms with Crippen LogP contribution in [0.2, 0.25) is 0 Å². The minimum atomic E-state index is -1.09. The molecular weight excluding hydrogens is 614 g/mol. The monoisotopic (exact) mass is 639 g/mol. The molecule has 1 fully saturated rings. The van der Waals surface area contributed by atoms with Crippen molar-refractivity contribution in [1.29, 1.82) is 0 Å². The van der Waals surface area contributed by atoms with Gasteiger partial charge in [0.05, 0.1) is 11.6 Å². The van der Waals surface area contributed by atoms with Crippen LogP contribution in [0.15, 0.2) is 107 Å². The van der Waals surface area contributed by atoms with E-state index in [-0.39, 0.29) is 28.0 Å². The molecule has 2 heterocycles. The number of hydrogen-bond donors (Lipinski definition) is 2. The van der Waals surface area contributed by atoms with Gasteiger partial charge in [0.15, 0.2) is 4.34 Å². The lowest BCUT2D eigenvalue weighted by molar-refractivity contribution is -0.132. The average Bonchev–Trinajstić information content (AvgIpc) is 3.62. The lowest BCUT2D eigenvalue weighted by Gasteiger charge is -2.22. The Morgan fingerprint density at radius 3 is 2.42 bits per heavy atom. The molecule has 0 radical (unpaired) electrons. The Labute approximate surface area is 266 Å². The summed E-state index contributed by atoms with van der Waals surface area (Å²) >= 11 is 2.31. The van der Waals surface area contributed by atoms with Crippen LogP contribution in [0, 0.1) is 12.7 Å². The van der Waals surface area contributed by atoms with E-state index in [4.69, 9.17) is 4.74 Å². The van der Waals surface area contributed by atoms with Crippen LogP contribution in [-0.2, 0) is 21.9 Å². The summed E-state index contributed by atoms with van der Waals surface area (Å²) in [5, 5.41) is 30.2. The molecule has 0 bridgehead atoms. The fourth-order valence-corrected chi connectivity index (χ4v) is 6.80. The maximum absolute atomic E-state index is 14.1. The highest BCUT2D eigenvalue weighted by Gasteiger charge is 2.48. The quantitative estimate of drug-likeness (QED) is 0.0573. The number of benzene rings is 4. The number of ether oxygens (including phenoxy) is 1. The summed E-state index contributed by atoms with van der Waals surface area (Å²) in [4.78, 5) is 28.2. The predicted molar refractivity (Wildman–Crippen MR) is 171 cm³/mol. The summed E-state index contributed by atoms with van der Waals surface area (Å²) in [6.07, 6.45) is 0. The summed E-state index contributed by atoms with van der Waals surface area (Å²) in [6, 6.07) is 25.9. The van der Waals surface area contributed by atoms with Gasteiger partial charge in [0.2, 0.25) is 5.13 Å². The molecule has 6 rings (SSSR count). The second-order valence-corrected chi connectivity index (χ2v) is 12.4. The number of phenolic OH excluding ortho intramolecular Hbond substituents is 1. The minimum Gasteiger partial charge on any atom is -0.508 e. The van der Waals surface area contributed by atoms with Gasteiger partial charge < -0.3 is 14.9 Å². The van der Waals surface area contributed by atoms with Crippen molar-refractivity contribution < 1.29 is 28.9 Å². The van der Waals surface area contributed by atoms with E-state index in [2.05, 4.69) is 10.2 Å². The van der Waals surface area contributed by atoms with Gasteiger partial charge >= 0.3 is 5.91 Å². The normalized spacial score (nSPS) is 15.9.